The number of aryl methyl sites for hydroxylation is 2. The van der Waals surface area contributed by atoms with E-state index in [-0.39, 0.29) is 5.91 Å². The van der Waals surface area contributed by atoms with Gasteiger partial charge < -0.3 is 14.4 Å². The van der Waals surface area contributed by atoms with Gasteiger partial charge in [-0.2, -0.15) is 5.10 Å². The van der Waals surface area contributed by atoms with Gasteiger partial charge in [0, 0.05) is 19.1 Å². The van der Waals surface area contributed by atoms with Gasteiger partial charge in [0.05, 0.1) is 5.69 Å². The fraction of sp³-hybridized carbons (Fsp3) is 0.474. The average Bonchev–Trinajstić information content (AvgIpc) is 3.40. The smallest absolute Gasteiger partial charge is 0.272 e. The first kappa shape index (κ1) is 16.0. The van der Waals surface area contributed by atoms with Gasteiger partial charge in [-0.1, -0.05) is 6.07 Å². The molecule has 0 radical (unpaired) electrons. The Morgan fingerprint density at radius 2 is 2.00 bits per heavy atom. The maximum atomic E-state index is 13.1. The molecular formula is C19H23N3O3. The van der Waals surface area contributed by atoms with Gasteiger partial charge in [-0.25, -0.2) is 0 Å². The minimum absolute atomic E-state index is 0.0554. The summed E-state index contributed by atoms with van der Waals surface area (Å²) in [6.45, 7) is 6.35. The quantitative estimate of drug-likeness (QED) is 0.839. The molecule has 1 saturated carbocycles. The lowest BCUT2D eigenvalue weighted by molar-refractivity contribution is 0.0717. The minimum atomic E-state index is 0.0554. The molecule has 2 aliphatic rings. The molecule has 1 fully saturated rings. The topological polar surface area (TPSA) is 56.6 Å². The third kappa shape index (κ3) is 3.21. The van der Waals surface area contributed by atoms with E-state index in [0.717, 1.165) is 35.6 Å². The van der Waals surface area contributed by atoms with E-state index in [1.54, 1.807) is 4.68 Å². The largest absolute Gasteiger partial charge is 0.486 e. The van der Waals surface area contributed by atoms with Crippen LogP contribution in [0.15, 0.2) is 24.3 Å². The van der Waals surface area contributed by atoms with Gasteiger partial charge in [-0.3, -0.25) is 9.48 Å². The summed E-state index contributed by atoms with van der Waals surface area (Å²) < 4.78 is 13.0. The Morgan fingerprint density at radius 3 is 2.72 bits per heavy atom. The predicted octanol–water partition coefficient (Wildman–Crippen LogP) is 2.79. The molecule has 0 spiro atoms. The SMILES string of the molecule is CCn1nc(C)cc1C(=O)N(Cc1ccc2c(c1)OCCO2)C1CC1. The first-order chi connectivity index (χ1) is 12.2. The third-order valence-electron chi connectivity index (χ3n) is 4.63. The Kier molecular flexibility index (Phi) is 4.11. The lowest BCUT2D eigenvalue weighted by Gasteiger charge is -2.24. The summed E-state index contributed by atoms with van der Waals surface area (Å²) in [5, 5.41) is 4.41. The van der Waals surface area contributed by atoms with Crippen molar-refractivity contribution >= 4 is 5.91 Å². The fourth-order valence-electron chi connectivity index (χ4n) is 3.24. The van der Waals surface area contributed by atoms with Crippen LogP contribution in [-0.2, 0) is 13.1 Å². The van der Waals surface area contributed by atoms with Crippen molar-refractivity contribution in [2.24, 2.45) is 0 Å². The van der Waals surface area contributed by atoms with E-state index in [4.69, 9.17) is 9.47 Å². The lowest BCUT2D eigenvalue weighted by atomic mass is 10.1. The monoisotopic (exact) mass is 341 g/mol. The van der Waals surface area contributed by atoms with E-state index < -0.39 is 0 Å². The van der Waals surface area contributed by atoms with Gasteiger partial charge in [-0.05, 0) is 50.5 Å². The minimum Gasteiger partial charge on any atom is -0.486 e. The number of hydrogen-bond acceptors (Lipinski definition) is 4. The molecule has 0 bridgehead atoms. The van der Waals surface area contributed by atoms with Gasteiger partial charge in [-0.15, -0.1) is 0 Å². The molecule has 2 heterocycles. The van der Waals surface area contributed by atoms with Crippen molar-refractivity contribution in [1.82, 2.24) is 14.7 Å². The Labute approximate surface area is 147 Å². The molecule has 1 aliphatic carbocycles. The molecule has 0 unspecified atom stereocenters. The zero-order chi connectivity index (χ0) is 17.4. The Hall–Kier alpha value is -2.50. The summed E-state index contributed by atoms with van der Waals surface area (Å²) in [5.74, 6) is 1.60. The molecular weight excluding hydrogens is 318 g/mol. The molecule has 4 rings (SSSR count). The standard InChI is InChI=1S/C19H23N3O3/c1-3-22-16(10-13(2)20-22)19(23)21(15-5-6-15)12-14-4-7-17-18(11-14)25-9-8-24-17/h4,7,10-11,15H,3,5-6,8-9,12H2,1-2H3. The second-order valence-electron chi connectivity index (χ2n) is 6.63. The van der Waals surface area contributed by atoms with Crippen LogP contribution >= 0.6 is 0 Å². The highest BCUT2D eigenvalue weighted by Gasteiger charge is 2.34. The number of amides is 1. The average molecular weight is 341 g/mol. The normalized spacial score (nSPS) is 15.9. The van der Waals surface area contributed by atoms with Crippen molar-refractivity contribution in [3.63, 3.8) is 0 Å². The first-order valence-electron chi connectivity index (χ1n) is 8.89. The maximum Gasteiger partial charge on any atom is 0.272 e. The second-order valence-corrected chi connectivity index (χ2v) is 6.63. The molecule has 0 saturated heterocycles. The van der Waals surface area contributed by atoms with Gasteiger partial charge in [0.15, 0.2) is 11.5 Å². The zero-order valence-electron chi connectivity index (χ0n) is 14.7. The summed E-state index contributed by atoms with van der Waals surface area (Å²) in [7, 11) is 0. The van der Waals surface area contributed by atoms with Crippen LogP contribution in [0.25, 0.3) is 0 Å². The van der Waals surface area contributed by atoms with Crippen molar-refractivity contribution in [3.8, 4) is 11.5 Å². The summed E-state index contributed by atoms with van der Waals surface area (Å²) in [6, 6.07) is 8.13. The van der Waals surface area contributed by atoms with E-state index >= 15 is 0 Å². The number of carbonyl (C=O) groups excluding carboxylic acids is 1. The van der Waals surface area contributed by atoms with Crippen molar-refractivity contribution in [2.45, 2.75) is 45.8 Å². The fourth-order valence-corrected chi connectivity index (χ4v) is 3.24. The summed E-state index contributed by atoms with van der Waals surface area (Å²) in [6.07, 6.45) is 2.13. The molecule has 0 atom stereocenters. The van der Waals surface area contributed by atoms with Gasteiger partial charge in [0.25, 0.3) is 5.91 Å². The predicted molar refractivity (Wildman–Crippen MR) is 93.0 cm³/mol. The van der Waals surface area contributed by atoms with Crippen LogP contribution in [0.1, 0.15) is 41.5 Å². The second kappa shape index (κ2) is 6.43. The number of hydrogen-bond donors (Lipinski definition) is 0. The number of aromatic nitrogens is 2. The van der Waals surface area contributed by atoms with Gasteiger partial charge in [0.1, 0.15) is 18.9 Å². The summed E-state index contributed by atoms with van der Waals surface area (Å²) in [5.41, 5.74) is 2.61. The zero-order valence-corrected chi connectivity index (χ0v) is 14.7. The van der Waals surface area contributed by atoms with Crippen LogP contribution < -0.4 is 9.47 Å². The number of benzene rings is 1. The van der Waals surface area contributed by atoms with E-state index in [2.05, 4.69) is 5.10 Å². The number of carbonyl (C=O) groups is 1. The third-order valence-corrected chi connectivity index (χ3v) is 4.63. The van der Waals surface area contributed by atoms with Crippen LogP contribution in [0.4, 0.5) is 0 Å². The highest BCUT2D eigenvalue weighted by molar-refractivity contribution is 5.93. The summed E-state index contributed by atoms with van der Waals surface area (Å²) in [4.78, 5) is 15.1. The molecule has 6 nitrogen and oxygen atoms in total. The summed E-state index contributed by atoms with van der Waals surface area (Å²) >= 11 is 0. The van der Waals surface area contributed by atoms with Crippen LogP contribution in [0.5, 0.6) is 11.5 Å². The number of ether oxygens (including phenoxy) is 2. The number of nitrogens with zero attached hydrogens (tertiary/aromatic N) is 3. The van der Waals surface area contributed by atoms with Crippen molar-refractivity contribution in [1.29, 1.82) is 0 Å². The highest BCUT2D eigenvalue weighted by atomic mass is 16.6. The maximum absolute atomic E-state index is 13.1. The van der Waals surface area contributed by atoms with E-state index in [0.29, 0.717) is 38.0 Å². The number of rotatable bonds is 5. The van der Waals surface area contributed by atoms with Crippen LogP contribution in [0, 0.1) is 6.92 Å². The molecule has 1 aromatic heterocycles. The van der Waals surface area contributed by atoms with Crippen LogP contribution in [0.3, 0.4) is 0 Å². The van der Waals surface area contributed by atoms with E-state index in [1.807, 2.05) is 43.0 Å². The Balaban J connectivity index is 1.58. The van der Waals surface area contributed by atoms with E-state index in [1.165, 1.54) is 0 Å². The molecule has 1 amide bonds. The highest BCUT2D eigenvalue weighted by Crippen LogP contribution is 2.34. The van der Waals surface area contributed by atoms with Crippen molar-refractivity contribution < 1.29 is 14.3 Å². The molecule has 1 aromatic carbocycles. The first-order valence-corrected chi connectivity index (χ1v) is 8.89. The molecule has 2 aromatic rings. The molecule has 0 N–H and O–H groups in total. The lowest BCUT2D eigenvalue weighted by Crippen LogP contribution is -2.34. The molecule has 25 heavy (non-hydrogen) atoms. The Bertz CT molecular complexity index is 795. The molecule has 132 valence electrons. The van der Waals surface area contributed by atoms with Gasteiger partial charge in [0.2, 0.25) is 0 Å². The molecule has 1 aliphatic heterocycles. The molecule has 6 heteroatoms. The van der Waals surface area contributed by atoms with Crippen molar-refractivity contribution in [3.05, 3.63) is 41.2 Å². The van der Waals surface area contributed by atoms with E-state index in [9.17, 15) is 4.79 Å². The van der Waals surface area contributed by atoms with Crippen LogP contribution in [0.2, 0.25) is 0 Å². The van der Waals surface area contributed by atoms with Gasteiger partial charge >= 0.3 is 0 Å². The van der Waals surface area contributed by atoms with Crippen molar-refractivity contribution in [2.75, 3.05) is 13.2 Å². The number of fused-ring (bicyclic) bond motifs is 1. The van der Waals surface area contributed by atoms with Crippen LogP contribution in [-0.4, -0.2) is 39.8 Å². The Morgan fingerprint density at radius 1 is 1.24 bits per heavy atom.